The van der Waals surface area contributed by atoms with Gasteiger partial charge >= 0.3 is 0 Å². The fourth-order valence-electron chi connectivity index (χ4n) is 3.31. The summed E-state index contributed by atoms with van der Waals surface area (Å²) < 4.78 is 5.54. The van der Waals surface area contributed by atoms with Crippen molar-refractivity contribution >= 4 is 11.6 Å². The van der Waals surface area contributed by atoms with Gasteiger partial charge in [0.2, 0.25) is 5.91 Å². The lowest BCUT2D eigenvalue weighted by Crippen LogP contribution is -2.47. The SMILES string of the molecule is CCOc1ccccc1NC(=O)CCN1CCCCC1C(O)CC. The minimum absolute atomic E-state index is 0.0162. The summed E-state index contributed by atoms with van der Waals surface area (Å²) in [7, 11) is 0. The molecule has 0 spiro atoms. The maximum Gasteiger partial charge on any atom is 0.225 e. The Kier molecular flexibility index (Phi) is 7.53. The van der Waals surface area contributed by atoms with Gasteiger partial charge in [-0.25, -0.2) is 0 Å². The standard InChI is InChI=1S/C19H30N2O3/c1-3-17(22)16-10-7-8-13-21(16)14-12-19(23)20-15-9-5-6-11-18(15)24-4-2/h5-6,9,11,16-17,22H,3-4,7-8,10,12-14H2,1-2H3,(H,20,23). The molecule has 24 heavy (non-hydrogen) atoms. The lowest BCUT2D eigenvalue weighted by Gasteiger charge is -2.38. The summed E-state index contributed by atoms with van der Waals surface area (Å²) in [5, 5.41) is 13.1. The van der Waals surface area contributed by atoms with Gasteiger partial charge in [0, 0.05) is 19.0 Å². The monoisotopic (exact) mass is 334 g/mol. The van der Waals surface area contributed by atoms with Gasteiger partial charge in [0.15, 0.2) is 0 Å². The van der Waals surface area contributed by atoms with Crippen molar-refractivity contribution in [3.63, 3.8) is 0 Å². The van der Waals surface area contributed by atoms with Crippen LogP contribution in [0.1, 0.15) is 46.0 Å². The van der Waals surface area contributed by atoms with E-state index in [1.54, 1.807) is 0 Å². The van der Waals surface area contributed by atoms with E-state index in [1.807, 2.05) is 38.1 Å². The van der Waals surface area contributed by atoms with E-state index in [9.17, 15) is 9.90 Å². The summed E-state index contributed by atoms with van der Waals surface area (Å²) in [6.45, 7) is 6.15. The summed E-state index contributed by atoms with van der Waals surface area (Å²) in [6, 6.07) is 7.68. The van der Waals surface area contributed by atoms with Gasteiger partial charge in [0.25, 0.3) is 0 Å². The smallest absolute Gasteiger partial charge is 0.225 e. The highest BCUT2D eigenvalue weighted by Gasteiger charge is 2.27. The first-order valence-electron chi connectivity index (χ1n) is 9.09. The summed E-state index contributed by atoms with van der Waals surface area (Å²) in [5.74, 6) is 0.683. The quantitative estimate of drug-likeness (QED) is 0.767. The van der Waals surface area contributed by atoms with Crippen LogP contribution in [0, 0.1) is 0 Å². The minimum Gasteiger partial charge on any atom is -0.492 e. The van der Waals surface area contributed by atoms with Gasteiger partial charge in [-0.15, -0.1) is 0 Å². The molecule has 0 radical (unpaired) electrons. The molecule has 2 N–H and O–H groups in total. The number of ether oxygens (including phenoxy) is 1. The van der Waals surface area contributed by atoms with Gasteiger partial charge in [0.1, 0.15) is 5.75 Å². The number of rotatable bonds is 8. The second-order valence-electron chi connectivity index (χ2n) is 6.30. The van der Waals surface area contributed by atoms with Crippen LogP contribution in [-0.4, -0.2) is 47.8 Å². The number of amides is 1. The average molecular weight is 334 g/mol. The number of carbonyl (C=O) groups excluding carboxylic acids is 1. The number of para-hydroxylation sites is 2. The van der Waals surface area contributed by atoms with E-state index in [0.29, 0.717) is 31.0 Å². The maximum atomic E-state index is 12.3. The highest BCUT2D eigenvalue weighted by molar-refractivity contribution is 5.92. The van der Waals surface area contributed by atoms with Crippen molar-refractivity contribution in [1.29, 1.82) is 0 Å². The maximum absolute atomic E-state index is 12.3. The molecule has 1 saturated heterocycles. The molecule has 1 fully saturated rings. The van der Waals surface area contributed by atoms with E-state index in [-0.39, 0.29) is 18.1 Å². The number of aliphatic hydroxyl groups is 1. The van der Waals surface area contributed by atoms with Gasteiger partial charge in [-0.2, -0.15) is 0 Å². The molecular formula is C19H30N2O3. The number of benzene rings is 1. The molecule has 1 heterocycles. The Bertz CT molecular complexity index is 521. The molecule has 1 aromatic carbocycles. The Morgan fingerprint density at radius 3 is 2.92 bits per heavy atom. The average Bonchev–Trinajstić information content (AvgIpc) is 2.61. The first kappa shape index (κ1) is 18.7. The van der Waals surface area contributed by atoms with Gasteiger partial charge < -0.3 is 15.2 Å². The van der Waals surface area contributed by atoms with E-state index in [4.69, 9.17) is 4.74 Å². The van der Waals surface area contributed by atoms with Crippen molar-refractivity contribution in [2.24, 2.45) is 0 Å². The summed E-state index contributed by atoms with van der Waals surface area (Å²) in [5.41, 5.74) is 0.716. The molecule has 134 valence electrons. The third-order valence-electron chi connectivity index (χ3n) is 4.61. The number of piperidine rings is 1. The Balaban J connectivity index is 1.88. The molecule has 5 heteroatoms. The number of nitrogens with zero attached hydrogens (tertiary/aromatic N) is 1. The summed E-state index contributed by atoms with van der Waals surface area (Å²) in [6.07, 6.45) is 4.20. The second kappa shape index (κ2) is 9.64. The number of carbonyl (C=O) groups is 1. The van der Waals surface area contributed by atoms with Gasteiger partial charge in [-0.3, -0.25) is 9.69 Å². The van der Waals surface area contributed by atoms with E-state index >= 15 is 0 Å². The van der Waals surface area contributed by atoms with Crippen molar-refractivity contribution < 1.29 is 14.6 Å². The van der Waals surface area contributed by atoms with Crippen molar-refractivity contribution in [2.45, 2.75) is 58.1 Å². The van der Waals surface area contributed by atoms with Crippen molar-refractivity contribution in [3.05, 3.63) is 24.3 Å². The predicted molar refractivity (Wildman–Crippen MR) is 96.4 cm³/mol. The zero-order valence-corrected chi connectivity index (χ0v) is 14.8. The minimum atomic E-state index is -0.299. The fourth-order valence-corrected chi connectivity index (χ4v) is 3.31. The number of anilines is 1. The molecule has 0 bridgehead atoms. The van der Waals surface area contributed by atoms with Crippen LogP contribution >= 0.6 is 0 Å². The van der Waals surface area contributed by atoms with Crippen LogP contribution in [0.25, 0.3) is 0 Å². The predicted octanol–water partition coefficient (Wildman–Crippen LogP) is 3.04. The number of nitrogens with one attached hydrogen (secondary N) is 1. The van der Waals surface area contributed by atoms with Crippen LogP contribution in [0.2, 0.25) is 0 Å². The molecule has 1 aliphatic rings. The molecule has 1 aromatic rings. The third kappa shape index (κ3) is 5.21. The molecule has 1 aliphatic heterocycles. The fraction of sp³-hybridized carbons (Fsp3) is 0.632. The normalized spacial score (nSPS) is 19.7. The Morgan fingerprint density at radius 1 is 1.38 bits per heavy atom. The zero-order chi connectivity index (χ0) is 17.4. The molecular weight excluding hydrogens is 304 g/mol. The third-order valence-corrected chi connectivity index (χ3v) is 4.61. The molecule has 1 amide bonds. The number of likely N-dealkylation sites (tertiary alicyclic amines) is 1. The van der Waals surface area contributed by atoms with Crippen LogP contribution in [0.3, 0.4) is 0 Å². The number of hydrogen-bond acceptors (Lipinski definition) is 4. The molecule has 5 nitrogen and oxygen atoms in total. The Hall–Kier alpha value is -1.59. The van der Waals surface area contributed by atoms with Crippen LogP contribution in [0.5, 0.6) is 5.75 Å². The number of hydrogen-bond donors (Lipinski definition) is 2. The topological polar surface area (TPSA) is 61.8 Å². The molecule has 2 unspecified atom stereocenters. The molecule has 2 rings (SSSR count). The Labute approximate surface area is 145 Å². The number of aliphatic hydroxyl groups excluding tert-OH is 1. The lowest BCUT2D eigenvalue weighted by molar-refractivity contribution is -0.117. The molecule has 0 aliphatic carbocycles. The van der Waals surface area contributed by atoms with E-state index in [2.05, 4.69) is 10.2 Å². The zero-order valence-electron chi connectivity index (χ0n) is 14.8. The van der Waals surface area contributed by atoms with Crippen molar-refractivity contribution in [2.75, 3.05) is 25.0 Å². The highest BCUT2D eigenvalue weighted by atomic mass is 16.5. The second-order valence-corrected chi connectivity index (χ2v) is 6.30. The molecule has 0 aromatic heterocycles. The van der Waals surface area contributed by atoms with Crippen LogP contribution in [0.4, 0.5) is 5.69 Å². The van der Waals surface area contributed by atoms with Gasteiger partial charge in [-0.05, 0) is 44.9 Å². The van der Waals surface area contributed by atoms with Gasteiger partial charge in [0.05, 0.1) is 18.4 Å². The van der Waals surface area contributed by atoms with Crippen molar-refractivity contribution in [1.82, 2.24) is 4.90 Å². The van der Waals surface area contributed by atoms with E-state index < -0.39 is 0 Å². The van der Waals surface area contributed by atoms with E-state index in [0.717, 1.165) is 32.2 Å². The largest absolute Gasteiger partial charge is 0.492 e. The van der Waals surface area contributed by atoms with Crippen LogP contribution < -0.4 is 10.1 Å². The van der Waals surface area contributed by atoms with Crippen molar-refractivity contribution in [3.8, 4) is 5.75 Å². The molecule has 2 atom stereocenters. The first-order chi connectivity index (χ1) is 11.7. The molecule has 0 saturated carbocycles. The van der Waals surface area contributed by atoms with Crippen LogP contribution in [-0.2, 0) is 4.79 Å². The first-order valence-corrected chi connectivity index (χ1v) is 9.09. The highest BCUT2D eigenvalue weighted by Crippen LogP contribution is 2.24. The van der Waals surface area contributed by atoms with E-state index in [1.165, 1.54) is 0 Å². The summed E-state index contributed by atoms with van der Waals surface area (Å²) in [4.78, 5) is 14.6. The lowest BCUT2D eigenvalue weighted by atomic mass is 9.96. The summed E-state index contributed by atoms with van der Waals surface area (Å²) >= 11 is 0. The Morgan fingerprint density at radius 2 is 2.17 bits per heavy atom. The van der Waals surface area contributed by atoms with Gasteiger partial charge in [-0.1, -0.05) is 25.5 Å². The van der Waals surface area contributed by atoms with Crippen LogP contribution in [0.15, 0.2) is 24.3 Å².